The van der Waals surface area contributed by atoms with Gasteiger partial charge < -0.3 is 13.4 Å². The SMILES string of the molecule is Cc1ccc(-c2cc3ccccc3n2-c2ccc(-c3c(C)c(-c4cccc5c6c(oc45)C=CCC6)c(C)c(-c4cccc5c4oc4ccccc45)c3C)cc2)cc1. The maximum atomic E-state index is 6.76. The zero-order valence-corrected chi connectivity index (χ0v) is 32.6. The predicted octanol–water partition coefficient (Wildman–Crippen LogP) is 15.1. The lowest BCUT2D eigenvalue weighted by Gasteiger charge is -2.24. The van der Waals surface area contributed by atoms with Crippen molar-refractivity contribution in [2.24, 2.45) is 0 Å². The Kier molecular flexibility index (Phi) is 7.56. The Labute approximate surface area is 332 Å². The molecule has 0 saturated heterocycles. The van der Waals surface area contributed by atoms with Crippen LogP contribution in [-0.4, -0.2) is 4.57 Å². The molecule has 0 atom stereocenters. The van der Waals surface area contributed by atoms with Gasteiger partial charge in [0, 0.05) is 43.9 Å². The van der Waals surface area contributed by atoms with Gasteiger partial charge in [-0.2, -0.15) is 0 Å². The Bertz CT molecular complexity index is 3250. The molecule has 0 unspecified atom stereocenters. The van der Waals surface area contributed by atoms with E-state index < -0.39 is 0 Å². The third-order valence-corrected chi connectivity index (χ3v) is 12.3. The topological polar surface area (TPSA) is 31.2 Å². The molecule has 11 rings (SSSR count). The molecular weight excluding hydrogens is 695 g/mol. The summed E-state index contributed by atoms with van der Waals surface area (Å²) in [5, 5.41) is 4.70. The van der Waals surface area contributed by atoms with E-state index in [-0.39, 0.29) is 0 Å². The van der Waals surface area contributed by atoms with Crippen LogP contribution in [0.25, 0.3) is 100 Å². The minimum Gasteiger partial charge on any atom is -0.456 e. The summed E-state index contributed by atoms with van der Waals surface area (Å²) >= 11 is 0. The number of benzene rings is 7. The number of fused-ring (bicyclic) bond motifs is 7. The fourth-order valence-electron chi connectivity index (χ4n) is 9.75. The first-order valence-electron chi connectivity index (χ1n) is 20.0. The fourth-order valence-corrected chi connectivity index (χ4v) is 9.75. The van der Waals surface area contributed by atoms with E-state index in [1.807, 2.05) is 6.07 Å². The number of rotatable bonds is 5. The first kappa shape index (κ1) is 33.5. The van der Waals surface area contributed by atoms with Gasteiger partial charge in [0.25, 0.3) is 0 Å². The second-order valence-corrected chi connectivity index (χ2v) is 15.7. The summed E-state index contributed by atoms with van der Waals surface area (Å²) < 4.78 is 15.9. The van der Waals surface area contributed by atoms with Gasteiger partial charge in [-0.15, -0.1) is 0 Å². The van der Waals surface area contributed by atoms with Crippen LogP contribution in [0.15, 0.2) is 154 Å². The third-order valence-electron chi connectivity index (χ3n) is 12.3. The van der Waals surface area contributed by atoms with E-state index in [9.17, 15) is 0 Å². The van der Waals surface area contributed by atoms with E-state index in [0.29, 0.717) is 0 Å². The standard InChI is InChI=1S/C54H41NO2/c1-32-23-25-36(26-24-32)47-31-38-13-5-8-20-46(38)55(47)39-29-27-37(28-30-39)50-33(2)51(44-18-11-16-42-40-14-6-9-21-48(40)56-53(42)44)35(4)52(34(50)3)45-19-12-17-43-41-15-7-10-22-49(41)57-54(43)45/h5-6,8-14,16-31H,7,15H2,1-4H3. The van der Waals surface area contributed by atoms with Crippen LogP contribution in [0.5, 0.6) is 0 Å². The molecule has 1 aliphatic rings. The van der Waals surface area contributed by atoms with Crippen molar-refractivity contribution in [1.82, 2.24) is 4.57 Å². The number of nitrogens with zero attached hydrogens (tertiary/aromatic N) is 1. The van der Waals surface area contributed by atoms with Gasteiger partial charge in [-0.1, -0.05) is 121 Å². The van der Waals surface area contributed by atoms with Gasteiger partial charge in [0.2, 0.25) is 0 Å². The van der Waals surface area contributed by atoms with E-state index in [1.54, 1.807) is 0 Å². The van der Waals surface area contributed by atoms with Crippen LogP contribution in [0.3, 0.4) is 0 Å². The van der Waals surface area contributed by atoms with E-state index in [4.69, 9.17) is 8.83 Å². The van der Waals surface area contributed by atoms with Crippen LogP contribution in [0, 0.1) is 27.7 Å². The lowest BCUT2D eigenvalue weighted by molar-refractivity contribution is 0.596. The van der Waals surface area contributed by atoms with Gasteiger partial charge in [0.1, 0.15) is 22.5 Å². The lowest BCUT2D eigenvalue weighted by atomic mass is 9.80. The molecule has 0 bridgehead atoms. The average Bonchev–Trinajstić information content (AvgIpc) is 3.94. The molecule has 0 spiro atoms. The normalized spacial score (nSPS) is 12.7. The largest absolute Gasteiger partial charge is 0.456 e. The summed E-state index contributed by atoms with van der Waals surface area (Å²) in [4.78, 5) is 0. The highest BCUT2D eigenvalue weighted by Crippen LogP contribution is 2.48. The maximum Gasteiger partial charge on any atom is 0.143 e. The van der Waals surface area contributed by atoms with E-state index >= 15 is 0 Å². The van der Waals surface area contributed by atoms with E-state index in [2.05, 4.69) is 178 Å². The molecule has 10 aromatic rings. The molecule has 3 aromatic heterocycles. The van der Waals surface area contributed by atoms with Crippen LogP contribution in [0.1, 0.15) is 40.0 Å². The number of para-hydroxylation sites is 4. The van der Waals surface area contributed by atoms with E-state index in [0.717, 1.165) is 62.9 Å². The molecule has 3 heteroatoms. The Morgan fingerprint density at radius 3 is 1.93 bits per heavy atom. The third kappa shape index (κ3) is 5.12. The zero-order chi connectivity index (χ0) is 38.4. The molecule has 274 valence electrons. The van der Waals surface area contributed by atoms with Crippen LogP contribution in [-0.2, 0) is 6.42 Å². The summed E-state index contributed by atoms with van der Waals surface area (Å²) in [5.41, 5.74) is 20.8. The first-order chi connectivity index (χ1) is 27.9. The Balaban J connectivity index is 1.16. The average molecular weight is 736 g/mol. The quantitative estimate of drug-likeness (QED) is 0.176. The number of hydrogen-bond acceptors (Lipinski definition) is 2. The number of aryl methyl sites for hydroxylation is 2. The minimum atomic E-state index is 0.903. The lowest BCUT2D eigenvalue weighted by Crippen LogP contribution is -2.02. The summed E-state index contributed by atoms with van der Waals surface area (Å²) in [7, 11) is 0. The van der Waals surface area contributed by atoms with Crippen molar-refractivity contribution in [3.63, 3.8) is 0 Å². The molecule has 57 heavy (non-hydrogen) atoms. The molecule has 0 saturated carbocycles. The van der Waals surface area contributed by atoms with Gasteiger partial charge in [0.05, 0.1) is 11.2 Å². The first-order valence-corrected chi connectivity index (χ1v) is 20.0. The summed E-state index contributed by atoms with van der Waals surface area (Å²) in [5.74, 6) is 0.983. The highest BCUT2D eigenvalue weighted by atomic mass is 16.3. The minimum absolute atomic E-state index is 0.903. The van der Waals surface area contributed by atoms with Gasteiger partial charge in [-0.05, 0) is 121 Å². The van der Waals surface area contributed by atoms with Gasteiger partial charge in [-0.25, -0.2) is 0 Å². The van der Waals surface area contributed by atoms with Crippen molar-refractivity contribution in [2.75, 3.05) is 0 Å². The smallest absolute Gasteiger partial charge is 0.143 e. The molecule has 0 radical (unpaired) electrons. The molecule has 3 nitrogen and oxygen atoms in total. The molecule has 0 fully saturated rings. The van der Waals surface area contributed by atoms with Crippen molar-refractivity contribution < 1.29 is 8.83 Å². The molecule has 3 heterocycles. The van der Waals surface area contributed by atoms with Crippen molar-refractivity contribution >= 4 is 49.9 Å². The molecule has 0 amide bonds. The summed E-state index contributed by atoms with van der Waals surface area (Å²) in [6.45, 7) is 9.00. The van der Waals surface area contributed by atoms with Gasteiger partial charge >= 0.3 is 0 Å². The second-order valence-electron chi connectivity index (χ2n) is 15.7. The van der Waals surface area contributed by atoms with E-state index in [1.165, 1.54) is 77.6 Å². The van der Waals surface area contributed by atoms with Gasteiger partial charge in [0.15, 0.2) is 0 Å². The highest BCUT2D eigenvalue weighted by molar-refractivity contribution is 6.11. The van der Waals surface area contributed by atoms with Crippen molar-refractivity contribution in [3.05, 3.63) is 179 Å². The number of furan rings is 2. The molecule has 0 N–H and O–H groups in total. The Hall–Kier alpha value is -6.84. The van der Waals surface area contributed by atoms with Crippen molar-refractivity contribution in [3.8, 4) is 50.3 Å². The molecular formula is C54H41NO2. The van der Waals surface area contributed by atoms with Crippen LogP contribution >= 0.6 is 0 Å². The number of allylic oxidation sites excluding steroid dienone is 1. The maximum absolute atomic E-state index is 6.76. The Morgan fingerprint density at radius 1 is 0.526 bits per heavy atom. The molecule has 0 aliphatic heterocycles. The zero-order valence-electron chi connectivity index (χ0n) is 32.6. The predicted molar refractivity (Wildman–Crippen MR) is 238 cm³/mol. The Morgan fingerprint density at radius 2 is 1.16 bits per heavy atom. The monoisotopic (exact) mass is 735 g/mol. The summed E-state index contributed by atoms with van der Waals surface area (Å²) in [6.07, 6.45) is 6.40. The van der Waals surface area contributed by atoms with Crippen molar-refractivity contribution in [2.45, 2.75) is 40.5 Å². The number of aromatic nitrogens is 1. The molecule has 7 aromatic carbocycles. The molecule has 1 aliphatic carbocycles. The van der Waals surface area contributed by atoms with Crippen LogP contribution in [0.2, 0.25) is 0 Å². The summed E-state index contributed by atoms with van der Waals surface area (Å²) in [6, 6.07) is 50.6. The van der Waals surface area contributed by atoms with Gasteiger partial charge in [-0.3, -0.25) is 0 Å². The van der Waals surface area contributed by atoms with Crippen molar-refractivity contribution in [1.29, 1.82) is 0 Å². The second kappa shape index (κ2) is 12.9. The van der Waals surface area contributed by atoms with Crippen LogP contribution < -0.4 is 0 Å². The fraction of sp³-hybridized carbons (Fsp3) is 0.111. The highest BCUT2D eigenvalue weighted by Gasteiger charge is 2.26. The number of hydrogen-bond donors (Lipinski definition) is 0. The van der Waals surface area contributed by atoms with Crippen LogP contribution in [0.4, 0.5) is 0 Å².